The second-order valence-corrected chi connectivity index (χ2v) is 43.5. The molecule has 0 saturated heterocycles. The molecule has 0 bridgehead atoms. The largest absolute Gasteiger partial charge is 0.449 e. The first kappa shape index (κ1) is 66.5. The normalized spacial score (nSPS) is 12.1. The van der Waals surface area contributed by atoms with Crippen LogP contribution in [0.5, 0.6) is 0 Å². The molecule has 0 aliphatic heterocycles. The summed E-state index contributed by atoms with van der Waals surface area (Å²) in [7, 11) is -8.74. The van der Waals surface area contributed by atoms with Gasteiger partial charge in [-0.05, 0) is 207 Å². The highest BCUT2D eigenvalue weighted by Crippen LogP contribution is 2.34. The molecule has 0 N–H and O–H groups in total. The lowest BCUT2D eigenvalue weighted by Crippen LogP contribution is -2.57. The van der Waals surface area contributed by atoms with Crippen LogP contribution >= 0.6 is 0 Å². The van der Waals surface area contributed by atoms with Gasteiger partial charge in [0.1, 0.15) is 0 Å². The van der Waals surface area contributed by atoms with E-state index in [0.29, 0.717) is 0 Å². The maximum Gasteiger partial charge on any atom is 0.206 e. The molecule has 14 aromatic carbocycles. The fraction of sp³-hybridized carbons (Fsp3) is 0.0870. The number of rotatable bonds is 18. The van der Waals surface area contributed by atoms with Gasteiger partial charge in [-0.15, -0.1) is 0 Å². The Morgan fingerprint density at radius 1 is 0.224 bits per heavy atom. The van der Waals surface area contributed by atoms with Gasteiger partial charge in [-0.2, -0.15) is 0 Å². The summed E-state index contributed by atoms with van der Waals surface area (Å²) in [6.07, 6.45) is 13.6. The highest BCUT2D eigenvalue weighted by molar-refractivity contribution is 6.97. The van der Waals surface area contributed by atoms with Crippen LogP contribution in [0.1, 0.15) is 55.6 Å². The molecule has 14 rings (SSSR count). The highest BCUT2D eigenvalue weighted by Gasteiger charge is 2.37. The number of hydrogen-bond acceptors (Lipinski definition) is 2. The van der Waals surface area contributed by atoms with Crippen LogP contribution in [0.25, 0.3) is 90.7 Å². The molecule has 0 amide bonds. The molecule has 0 atom stereocenters. The van der Waals surface area contributed by atoms with E-state index in [1.165, 1.54) is 131 Å². The van der Waals surface area contributed by atoms with Crippen LogP contribution in [0.3, 0.4) is 0 Å². The third-order valence-corrected chi connectivity index (χ3v) is 34.0. The average molecular weight is 1330 g/mol. The lowest BCUT2D eigenvalue weighted by Gasteiger charge is -2.34. The van der Waals surface area contributed by atoms with Crippen molar-refractivity contribution in [3.8, 4) is 0 Å². The van der Waals surface area contributed by atoms with E-state index in [0.717, 1.165) is 0 Å². The Morgan fingerprint density at radius 3 is 0.684 bits per heavy atom. The standard InChI is InChI=1S/C48H42OSi2.C44H42OSi2/c1-50(2,41-27-21-35(22-28-41)25-31-47-43-17-9-5-13-37(43)33-38-14-6-10-18-44(38)47)49-51(3,4)42-29-23-36(24-30-42)26-32-48-45-19-11-7-15-39(45)34-40-16-8-12-20-46(40)48;1-46(2,41-29-25-35(26-30-41)33-43(37-17-9-5-10-18-37)38-19-11-6-12-20-38)45-47(3,4)42-31-27-36(28-32-42)34-44(39-21-13-7-14-22-39)40-23-15-8-16-24-40/h5-34H,1-4H3;5-34H,1-4H3/b31-25+,32-26+;. The van der Waals surface area contributed by atoms with E-state index < -0.39 is 33.3 Å². The first-order chi connectivity index (χ1) is 47.5. The molecule has 480 valence electrons. The Balaban J connectivity index is 0.000000177. The van der Waals surface area contributed by atoms with Crippen LogP contribution in [-0.4, -0.2) is 33.3 Å². The minimum atomic E-state index is -2.19. The van der Waals surface area contributed by atoms with Gasteiger partial charge in [0, 0.05) is 0 Å². The van der Waals surface area contributed by atoms with Gasteiger partial charge >= 0.3 is 0 Å². The SMILES string of the molecule is C[Si](C)(O[Si](C)(C)c1ccc(/C=C/c2c3ccccc3cc3ccccc23)cc1)c1ccc(/C=C/c2c3ccccc3cc3ccccc23)cc1.C[Si](C)(O[Si](C)(C)c1ccc(C=C(c2ccccc2)c2ccccc2)cc1)c1ccc(C=C(c2ccccc2)c2ccccc2)cc1. The summed E-state index contributed by atoms with van der Waals surface area (Å²) in [4.78, 5) is 0. The topological polar surface area (TPSA) is 18.5 Å². The molecule has 14 aromatic rings. The van der Waals surface area contributed by atoms with Crippen LogP contribution in [0.4, 0.5) is 0 Å². The molecular weight excluding hydrogens is 1250 g/mol. The molecule has 6 heteroatoms. The summed E-state index contributed by atoms with van der Waals surface area (Å²) in [6, 6.07) is 118. The molecule has 0 spiro atoms. The quantitative estimate of drug-likeness (QED) is 0.0484. The molecule has 0 aliphatic rings. The zero-order valence-electron chi connectivity index (χ0n) is 57.5. The number of benzene rings is 14. The second kappa shape index (κ2) is 29.3. The third kappa shape index (κ3) is 15.5. The van der Waals surface area contributed by atoms with Gasteiger partial charge in [0.25, 0.3) is 0 Å². The van der Waals surface area contributed by atoms with Gasteiger partial charge in [0.2, 0.25) is 33.3 Å². The first-order valence-electron chi connectivity index (χ1n) is 34.2. The fourth-order valence-electron chi connectivity index (χ4n) is 13.8. The Bertz CT molecular complexity index is 4670. The summed E-state index contributed by atoms with van der Waals surface area (Å²) in [5.41, 5.74) is 14.6. The van der Waals surface area contributed by atoms with E-state index in [-0.39, 0.29) is 0 Å². The van der Waals surface area contributed by atoms with Crippen molar-refractivity contribution < 1.29 is 8.23 Å². The fourth-order valence-corrected chi connectivity index (χ4v) is 29.7. The Kier molecular flexibility index (Phi) is 19.9. The van der Waals surface area contributed by atoms with Gasteiger partial charge < -0.3 is 8.23 Å². The minimum Gasteiger partial charge on any atom is -0.449 e. The van der Waals surface area contributed by atoms with E-state index in [1.807, 2.05) is 0 Å². The van der Waals surface area contributed by atoms with E-state index in [2.05, 4.69) is 416 Å². The average Bonchev–Trinajstić information content (AvgIpc) is 0.793. The van der Waals surface area contributed by atoms with Crippen LogP contribution in [0.15, 0.2) is 328 Å². The van der Waals surface area contributed by atoms with Crippen LogP contribution < -0.4 is 20.7 Å². The summed E-state index contributed by atoms with van der Waals surface area (Å²) in [5.74, 6) is 0. The van der Waals surface area contributed by atoms with E-state index in [4.69, 9.17) is 8.23 Å². The molecule has 0 fully saturated rings. The number of fused-ring (bicyclic) bond motifs is 4. The first-order valence-corrected chi connectivity index (χ1v) is 45.8. The van der Waals surface area contributed by atoms with E-state index in [1.54, 1.807) is 0 Å². The Morgan fingerprint density at radius 2 is 0.439 bits per heavy atom. The van der Waals surface area contributed by atoms with Gasteiger partial charge in [-0.25, -0.2) is 0 Å². The van der Waals surface area contributed by atoms with Crippen LogP contribution in [-0.2, 0) is 8.23 Å². The lowest BCUT2D eigenvalue weighted by molar-refractivity contribution is 0.572. The van der Waals surface area contributed by atoms with Crippen molar-refractivity contribution in [2.75, 3.05) is 0 Å². The highest BCUT2D eigenvalue weighted by atomic mass is 28.4. The van der Waals surface area contributed by atoms with Gasteiger partial charge in [0.05, 0.1) is 0 Å². The maximum absolute atomic E-state index is 7.17. The molecule has 0 saturated carbocycles. The molecule has 0 heterocycles. The summed E-state index contributed by atoms with van der Waals surface area (Å²) < 4.78 is 14.3. The Labute approximate surface area is 584 Å². The summed E-state index contributed by atoms with van der Waals surface area (Å²) >= 11 is 0. The van der Waals surface area contributed by atoms with E-state index in [9.17, 15) is 0 Å². The van der Waals surface area contributed by atoms with Crippen molar-refractivity contribution in [3.05, 3.63) is 383 Å². The van der Waals surface area contributed by atoms with Crippen molar-refractivity contribution in [2.24, 2.45) is 0 Å². The van der Waals surface area contributed by atoms with Crippen molar-refractivity contribution in [1.29, 1.82) is 0 Å². The van der Waals surface area contributed by atoms with Crippen molar-refractivity contribution in [3.63, 3.8) is 0 Å². The molecular formula is C92H84O2Si4. The summed E-state index contributed by atoms with van der Waals surface area (Å²) in [5, 5.41) is 15.4. The maximum atomic E-state index is 7.17. The zero-order chi connectivity index (χ0) is 67.7. The van der Waals surface area contributed by atoms with E-state index >= 15 is 0 Å². The predicted molar refractivity (Wildman–Crippen MR) is 437 cm³/mol. The second-order valence-electron chi connectivity index (χ2n) is 27.4. The lowest BCUT2D eigenvalue weighted by atomic mass is 9.96. The van der Waals surface area contributed by atoms with Gasteiger partial charge in [0.15, 0.2) is 0 Å². The van der Waals surface area contributed by atoms with Crippen molar-refractivity contribution in [2.45, 2.75) is 52.4 Å². The molecule has 0 aromatic heterocycles. The van der Waals surface area contributed by atoms with Crippen LogP contribution in [0, 0.1) is 0 Å². The van der Waals surface area contributed by atoms with Crippen molar-refractivity contribution >= 4 is 145 Å². The predicted octanol–water partition coefficient (Wildman–Crippen LogP) is 22.6. The zero-order valence-corrected chi connectivity index (χ0v) is 61.5. The minimum absolute atomic E-state index is 1.19. The van der Waals surface area contributed by atoms with Crippen LogP contribution in [0.2, 0.25) is 52.4 Å². The Hall–Kier alpha value is -10.1. The molecule has 0 radical (unpaired) electrons. The summed E-state index contributed by atoms with van der Waals surface area (Å²) in [6.45, 7) is 18.6. The molecule has 0 aliphatic carbocycles. The monoisotopic (exact) mass is 1330 g/mol. The third-order valence-electron chi connectivity index (χ3n) is 18.9. The molecule has 98 heavy (non-hydrogen) atoms. The molecule has 2 nitrogen and oxygen atoms in total. The molecule has 0 unspecified atom stereocenters. The number of hydrogen-bond donors (Lipinski definition) is 0. The van der Waals surface area contributed by atoms with Gasteiger partial charge in [-0.3, -0.25) is 0 Å². The van der Waals surface area contributed by atoms with Crippen molar-refractivity contribution in [1.82, 2.24) is 0 Å². The smallest absolute Gasteiger partial charge is 0.206 e. The van der Waals surface area contributed by atoms with Gasteiger partial charge in [-0.1, -0.05) is 340 Å².